The molecule has 5 aliphatic rings. The summed E-state index contributed by atoms with van der Waals surface area (Å²) in [4.78, 5) is 12.8. The fraction of sp³-hybridized carbons (Fsp3) is 0.900. The second kappa shape index (κ2) is 7.12. The first-order chi connectivity index (χ1) is 15.6. The molecule has 192 valence electrons. The molecule has 3 N–H and O–H groups in total. The van der Waals surface area contributed by atoms with E-state index < -0.39 is 23.6 Å². The van der Waals surface area contributed by atoms with Gasteiger partial charge in [0.1, 0.15) is 0 Å². The molecular weight excluding hydrogens is 424 g/mol. The van der Waals surface area contributed by atoms with Crippen molar-refractivity contribution >= 4 is 5.97 Å². The van der Waals surface area contributed by atoms with Gasteiger partial charge in [0, 0.05) is 0 Å². The van der Waals surface area contributed by atoms with E-state index in [0.29, 0.717) is 18.3 Å². The lowest BCUT2D eigenvalue weighted by Gasteiger charge is -2.71. The van der Waals surface area contributed by atoms with E-state index in [2.05, 4.69) is 54.5 Å². The first-order valence-electron chi connectivity index (χ1n) is 13.9. The van der Waals surface area contributed by atoms with Crippen LogP contribution in [0.2, 0.25) is 0 Å². The molecule has 4 fully saturated rings. The van der Waals surface area contributed by atoms with E-state index in [1.54, 1.807) is 0 Å². The number of hydrogen-bond acceptors (Lipinski definition) is 3. The van der Waals surface area contributed by atoms with Crippen LogP contribution in [0.25, 0.3) is 0 Å². The van der Waals surface area contributed by atoms with Crippen LogP contribution in [-0.4, -0.2) is 33.5 Å². The van der Waals surface area contributed by atoms with Crippen molar-refractivity contribution < 1.29 is 20.1 Å². The van der Waals surface area contributed by atoms with Gasteiger partial charge in [0.15, 0.2) is 0 Å². The molecule has 4 saturated carbocycles. The lowest BCUT2D eigenvalue weighted by Crippen LogP contribution is -2.67. The first kappa shape index (κ1) is 24.8. The Morgan fingerprint density at radius 3 is 2.18 bits per heavy atom. The lowest BCUT2D eigenvalue weighted by atomic mass is 9.33. The molecule has 0 amide bonds. The highest BCUT2D eigenvalue weighted by molar-refractivity contribution is 5.76. The lowest BCUT2D eigenvalue weighted by molar-refractivity contribution is -0.231. The van der Waals surface area contributed by atoms with Crippen LogP contribution in [0.1, 0.15) is 106 Å². The highest BCUT2D eigenvalue weighted by Gasteiger charge is 2.70. The minimum atomic E-state index is -0.679. The van der Waals surface area contributed by atoms with Gasteiger partial charge < -0.3 is 15.3 Å². The molecule has 0 bridgehead atoms. The summed E-state index contributed by atoms with van der Waals surface area (Å²) >= 11 is 0. The van der Waals surface area contributed by atoms with Gasteiger partial charge in [0.25, 0.3) is 0 Å². The molecule has 0 aliphatic heterocycles. The smallest absolute Gasteiger partial charge is 0.310 e. The minimum absolute atomic E-state index is 0.00785. The molecule has 0 aromatic heterocycles. The third kappa shape index (κ3) is 2.88. The van der Waals surface area contributed by atoms with Crippen LogP contribution in [0.3, 0.4) is 0 Å². The zero-order valence-electron chi connectivity index (χ0n) is 22.6. The van der Waals surface area contributed by atoms with E-state index >= 15 is 0 Å². The Morgan fingerprint density at radius 2 is 1.53 bits per heavy atom. The Balaban J connectivity index is 1.61. The molecular formula is C30H48O4. The number of aliphatic carboxylic acids is 1. The van der Waals surface area contributed by atoms with Gasteiger partial charge in [-0.15, -0.1) is 0 Å². The van der Waals surface area contributed by atoms with Gasteiger partial charge in [0.05, 0.1) is 17.6 Å². The maximum absolute atomic E-state index is 12.8. The standard InChI is InChI=1S/C30H48O4/c1-25(2)12-14-30(24(33)34)15-13-28(6)18(19(30)16-25)8-9-22-27(5)17-20(31)23(32)26(3,4)21(27)10-11-29(22,28)7/h8,19-23,31-32H,9-17H2,1-7H3,(H,33,34)/t19-,20+,21-,22+,23-,27-,28+,29+,30-/m1/s1. The summed E-state index contributed by atoms with van der Waals surface area (Å²) in [5.74, 6) is 0.365. The normalized spacial score (nSPS) is 53.4. The van der Waals surface area contributed by atoms with Crippen molar-refractivity contribution in [2.75, 3.05) is 0 Å². The Kier molecular flexibility index (Phi) is 5.20. The molecule has 0 radical (unpaired) electrons. The van der Waals surface area contributed by atoms with Gasteiger partial charge in [-0.05, 0) is 103 Å². The van der Waals surface area contributed by atoms with Crippen molar-refractivity contribution in [3.63, 3.8) is 0 Å². The molecule has 9 atom stereocenters. The third-order valence-corrected chi connectivity index (χ3v) is 13.0. The highest BCUT2D eigenvalue weighted by atomic mass is 16.4. The summed E-state index contributed by atoms with van der Waals surface area (Å²) in [5.41, 5.74) is 0.754. The zero-order valence-corrected chi connectivity index (χ0v) is 22.6. The van der Waals surface area contributed by atoms with E-state index in [9.17, 15) is 20.1 Å². The number of aliphatic hydroxyl groups excluding tert-OH is 2. The second-order valence-corrected chi connectivity index (χ2v) is 15.2. The molecule has 0 heterocycles. The average Bonchev–Trinajstić information content (AvgIpc) is 2.72. The van der Waals surface area contributed by atoms with Gasteiger partial charge in [0.2, 0.25) is 0 Å². The third-order valence-electron chi connectivity index (χ3n) is 13.0. The van der Waals surface area contributed by atoms with Crippen molar-refractivity contribution in [3.05, 3.63) is 11.6 Å². The van der Waals surface area contributed by atoms with Crippen molar-refractivity contribution in [2.24, 2.45) is 50.2 Å². The molecule has 0 unspecified atom stereocenters. The van der Waals surface area contributed by atoms with Crippen molar-refractivity contribution in [1.82, 2.24) is 0 Å². The van der Waals surface area contributed by atoms with Gasteiger partial charge in [-0.3, -0.25) is 4.79 Å². The number of carbonyl (C=O) groups is 1. The summed E-state index contributed by atoms with van der Waals surface area (Å²) in [5, 5.41) is 32.4. The Morgan fingerprint density at radius 1 is 0.882 bits per heavy atom. The number of carboxylic acids is 1. The molecule has 0 spiro atoms. The van der Waals surface area contributed by atoms with E-state index in [1.807, 2.05) is 0 Å². The maximum atomic E-state index is 12.8. The first-order valence-corrected chi connectivity index (χ1v) is 13.9. The van der Waals surface area contributed by atoms with E-state index in [4.69, 9.17) is 0 Å². The fourth-order valence-corrected chi connectivity index (χ4v) is 10.8. The second-order valence-electron chi connectivity index (χ2n) is 15.2. The molecule has 34 heavy (non-hydrogen) atoms. The van der Waals surface area contributed by atoms with Crippen molar-refractivity contribution in [1.29, 1.82) is 0 Å². The minimum Gasteiger partial charge on any atom is -0.481 e. The van der Waals surface area contributed by atoms with Crippen molar-refractivity contribution in [3.8, 4) is 0 Å². The topological polar surface area (TPSA) is 77.8 Å². The average molecular weight is 473 g/mol. The number of hydrogen-bond donors (Lipinski definition) is 3. The molecule has 4 nitrogen and oxygen atoms in total. The summed E-state index contributed by atoms with van der Waals surface area (Å²) in [6, 6.07) is 0. The van der Waals surface area contributed by atoms with Crippen LogP contribution in [0.4, 0.5) is 0 Å². The molecule has 5 rings (SSSR count). The molecule has 5 aliphatic carbocycles. The van der Waals surface area contributed by atoms with Gasteiger partial charge >= 0.3 is 5.97 Å². The van der Waals surface area contributed by atoms with Crippen LogP contribution >= 0.6 is 0 Å². The summed E-state index contributed by atoms with van der Waals surface area (Å²) in [7, 11) is 0. The molecule has 0 aromatic carbocycles. The van der Waals surface area contributed by atoms with Crippen LogP contribution in [-0.2, 0) is 4.79 Å². The molecule has 0 saturated heterocycles. The largest absolute Gasteiger partial charge is 0.481 e. The SMILES string of the molecule is CC1(C)CC[C@@]2(C(=O)O)CC[C@@]3(C)C(=CC[C@H]4[C@]5(C)C[C@H](O)[C@@H](O)C(C)(C)[C@H]5CC[C@@]43C)[C@H]2C1. The maximum Gasteiger partial charge on any atom is 0.310 e. The van der Waals surface area contributed by atoms with E-state index in [-0.39, 0.29) is 33.0 Å². The monoisotopic (exact) mass is 472 g/mol. The molecule has 0 aromatic rings. The highest BCUT2D eigenvalue weighted by Crippen LogP contribution is 2.75. The number of carboxylic acid groups (broad SMARTS) is 1. The Labute approximate surface area is 206 Å². The van der Waals surface area contributed by atoms with Gasteiger partial charge in [-0.1, -0.05) is 60.1 Å². The van der Waals surface area contributed by atoms with Crippen LogP contribution in [0.5, 0.6) is 0 Å². The van der Waals surface area contributed by atoms with Gasteiger partial charge in [-0.2, -0.15) is 0 Å². The van der Waals surface area contributed by atoms with Gasteiger partial charge in [-0.25, -0.2) is 0 Å². The number of rotatable bonds is 1. The predicted molar refractivity (Wildman–Crippen MR) is 134 cm³/mol. The number of aliphatic hydroxyl groups is 2. The Bertz CT molecular complexity index is 919. The molecule has 4 heteroatoms. The van der Waals surface area contributed by atoms with Crippen LogP contribution in [0, 0.1) is 50.2 Å². The summed E-state index contributed by atoms with van der Waals surface area (Å²) in [6.45, 7) is 16.3. The predicted octanol–water partition coefficient (Wildman–Crippen LogP) is 6.20. The summed E-state index contributed by atoms with van der Waals surface area (Å²) < 4.78 is 0. The van der Waals surface area contributed by atoms with Crippen LogP contribution in [0.15, 0.2) is 11.6 Å². The fourth-order valence-electron chi connectivity index (χ4n) is 10.8. The van der Waals surface area contributed by atoms with Crippen LogP contribution < -0.4 is 0 Å². The zero-order chi connectivity index (χ0) is 25.1. The van der Waals surface area contributed by atoms with Crippen molar-refractivity contribution in [2.45, 2.75) is 118 Å². The number of allylic oxidation sites excluding steroid dienone is 2. The Hall–Kier alpha value is -0.870. The summed E-state index contributed by atoms with van der Waals surface area (Å²) in [6.07, 6.45) is 9.45. The van der Waals surface area contributed by atoms with E-state index in [0.717, 1.165) is 51.4 Å². The quantitative estimate of drug-likeness (QED) is 0.397. The number of fused-ring (bicyclic) bond motifs is 7. The van der Waals surface area contributed by atoms with E-state index in [1.165, 1.54) is 5.57 Å².